The zero-order chi connectivity index (χ0) is 19.8. The van der Waals surface area contributed by atoms with Gasteiger partial charge in [0.2, 0.25) is 10.0 Å². The number of benzene rings is 2. The van der Waals surface area contributed by atoms with Crippen molar-refractivity contribution in [2.75, 3.05) is 11.8 Å². The third-order valence-electron chi connectivity index (χ3n) is 4.39. The predicted octanol–water partition coefficient (Wildman–Crippen LogP) is 4.21. The summed E-state index contributed by atoms with van der Waals surface area (Å²) in [5.41, 5.74) is 3.46. The van der Waals surface area contributed by atoms with Crippen molar-refractivity contribution in [2.24, 2.45) is 0 Å². The lowest BCUT2D eigenvalue weighted by atomic mass is 10.0. The zero-order valence-electron chi connectivity index (χ0n) is 15.8. The molecule has 3 rings (SSSR count). The maximum absolute atomic E-state index is 12.5. The Kier molecular flexibility index (Phi) is 6.66. The van der Waals surface area contributed by atoms with E-state index in [2.05, 4.69) is 21.8 Å². The van der Waals surface area contributed by atoms with Gasteiger partial charge in [-0.3, -0.25) is 9.71 Å². The van der Waals surface area contributed by atoms with Gasteiger partial charge in [0.25, 0.3) is 0 Å². The van der Waals surface area contributed by atoms with Crippen LogP contribution in [0.4, 0.5) is 5.69 Å². The molecule has 0 spiro atoms. The number of sulfonamides is 1. The van der Waals surface area contributed by atoms with E-state index in [9.17, 15) is 8.42 Å². The van der Waals surface area contributed by atoms with E-state index in [1.807, 2.05) is 24.3 Å². The number of methoxy groups -OCH3 is 1. The molecule has 0 saturated carbocycles. The van der Waals surface area contributed by atoms with Crippen molar-refractivity contribution in [3.63, 3.8) is 0 Å². The van der Waals surface area contributed by atoms with Crippen LogP contribution in [-0.2, 0) is 28.6 Å². The number of anilines is 1. The summed E-state index contributed by atoms with van der Waals surface area (Å²) >= 11 is 0. The van der Waals surface area contributed by atoms with Gasteiger partial charge in [-0.2, -0.15) is 0 Å². The molecule has 0 saturated heterocycles. The molecule has 146 valence electrons. The molecule has 28 heavy (non-hydrogen) atoms. The first-order valence-corrected chi connectivity index (χ1v) is 10.8. The summed E-state index contributed by atoms with van der Waals surface area (Å²) < 4.78 is 33.0. The van der Waals surface area contributed by atoms with Gasteiger partial charge in [0.05, 0.1) is 12.9 Å². The predicted molar refractivity (Wildman–Crippen MR) is 112 cm³/mol. The van der Waals surface area contributed by atoms with E-state index in [0.29, 0.717) is 11.3 Å². The molecule has 0 aliphatic carbocycles. The summed E-state index contributed by atoms with van der Waals surface area (Å²) in [6, 6.07) is 19.2. The van der Waals surface area contributed by atoms with Crippen molar-refractivity contribution in [3.05, 3.63) is 89.7 Å². The Balaban J connectivity index is 1.67. The molecule has 3 aromatic rings. The van der Waals surface area contributed by atoms with Gasteiger partial charge in [-0.15, -0.1) is 0 Å². The fraction of sp³-hybridized carbons (Fsp3) is 0.227. The van der Waals surface area contributed by atoms with E-state index in [4.69, 9.17) is 4.74 Å². The first kappa shape index (κ1) is 19.9. The summed E-state index contributed by atoms with van der Waals surface area (Å²) in [6.45, 7) is 0. The Morgan fingerprint density at radius 3 is 2.46 bits per heavy atom. The second kappa shape index (κ2) is 9.37. The number of rotatable bonds is 9. The van der Waals surface area contributed by atoms with Crippen LogP contribution in [-0.4, -0.2) is 20.5 Å². The van der Waals surface area contributed by atoms with Crippen molar-refractivity contribution >= 4 is 15.7 Å². The molecule has 0 aliphatic rings. The SMILES string of the molecule is COc1ccc(NS(=O)(=O)Cc2cccnc2)cc1CCCc1ccccc1. The van der Waals surface area contributed by atoms with Gasteiger partial charge in [-0.1, -0.05) is 36.4 Å². The molecule has 1 aromatic heterocycles. The maximum Gasteiger partial charge on any atom is 0.236 e. The molecule has 0 radical (unpaired) electrons. The van der Waals surface area contributed by atoms with Gasteiger partial charge < -0.3 is 4.74 Å². The van der Waals surface area contributed by atoms with E-state index in [1.54, 1.807) is 43.8 Å². The Labute approximate surface area is 166 Å². The number of aryl methyl sites for hydroxylation is 2. The van der Waals surface area contributed by atoms with Crippen molar-refractivity contribution in [2.45, 2.75) is 25.0 Å². The van der Waals surface area contributed by atoms with Gasteiger partial charge in [0, 0.05) is 18.1 Å². The molecule has 0 atom stereocenters. The van der Waals surface area contributed by atoms with Crippen molar-refractivity contribution < 1.29 is 13.2 Å². The van der Waals surface area contributed by atoms with E-state index < -0.39 is 10.0 Å². The summed E-state index contributed by atoms with van der Waals surface area (Å²) in [4.78, 5) is 3.96. The highest BCUT2D eigenvalue weighted by Crippen LogP contribution is 2.25. The smallest absolute Gasteiger partial charge is 0.236 e. The first-order valence-electron chi connectivity index (χ1n) is 9.16. The summed E-state index contributed by atoms with van der Waals surface area (Å²) in [5, 5.41) is 0. The zero-order valence-corrected chi connectivity index (χ0v) is 16.7. The number of hydrogen-bond donors (Lipinski definition) is 1. The van der Waals surface area contributed by atoms with Gasteiger partial charge in [-0.25, -0.2) is 8.42 Å². The number of aromatic nitrogens is 1. The topological polar surface area (TPSA) is 68.3 Å². The van der Waals surface area contributed by atoms with Gasteiger partial charge in [-0.05, 0) is 60.2 Å². The second-order valence-corrected chi connectivity index (χ2v) is 8.31. The number of pyridine rings is 1. The molecule has 1 heterocycles. The minimum absolute atomic E-state index is 0.115. The Hall–Kier alpha value is -2.86. The van der Waals surface area contributed by atoms with Gasteiger partial charge in [0.15, 0.2) is 0 Å². The van der Waals surface area contributed by atoms with Gasteiger partial charge in [0.1, 0.15) is 5.75 Å². The van der Waals surface area contributed by atoms with Crippen LogP contribution >= 0.6 is 0 Å². The summed E-state index contributed by atoms with van der Waals surface area (Å²) in [6.07, 6.45) is 5.89. The maximum atomic E-state index is 12.5. The average molecular weight is 397 g/mol. The number of nitrogens with zero attached hydrogens (tertiary/aromatic N) is 1. The normalized spacial score (nSPS) is 11.2. The third kappa shape index (κ3) is 5.82. The Bertz CT molecular complexity index is 991. The highest BCUT2D eigenvalue weighted by molar-refractivity contribution is 7.91. The molecule has 0 unspecified atom stereocenters. The van der Waals surface area contributed by atoms with E-state index in [-0.39, 0.29) is 5.75 Å². The molecule has 0 bridgehead atoms. The van der Waals surface area contributed by atoms with Crippen LogP contribution in [0.1, 0.15) is 23.1 Å². The lowest BCUT2D eigenvalue weighted by molar-refractivity contribution is 0.409. The van der Waals surface area contributed by atoms with Gasteiger partial charge >= 0.3 is 0 Å². The number of hydrogen-bond acceptors (Lipinski definition) is 4. The first-order chi connectivity index (χ1) is 13.6. The monoisotopic (exact) mass is 396 g/mol. The molecule has 0 fully saturated rings. The molecule has 6 heteroatoms. The summed E-state index contributed by atoms with van der Waals surface area (Å²) in [5.74, 6) is 0.652. The quantitative estimate of drug-likeness (QED) is 0.588. The fourth-order valence-electron chi connectivity index (χ4n) is 3.08. The second-order valence-electron chi connectivity index (χ2n) is 6.59. The van der Waals surface area contributed by atoms with Crippen molar-refractivity contribution in [1.82, 2.24) is 4.98 Å². The van der Waals surface area contributed by atoms with Crippen LogP contribution in [0.2, 0.25) is 0 Å². The average Bonchev–Trinajstić information content (AvgIpc) is 2.69. The Morgan fingerprint density at radius 2 is 1.75 bits per heavy atom. The number of nitrogens with one attached hydrogen (secondary N) is 1. The summed E-state index contributed by atoms with van der Waals surface area (Å²) in [7, 11) is -1.89. The number of ether oxygens (including phenoxy) is 1. The third-order valence-corrected chi connectivity index (χ3v) is 5.65. The molecule has 0 amide bonds. The minimum atomic E-state index is -3.52. The van der Waals surface area contributed by atoms with Crippen LogP contribution in [0.25, 0.3) is 0 Å². The molecule has 2 aromatic carbocycles. The fourth-order valence-corrected chi connectivity index (χ4v) is 4.25. The van der Waals surface area contributed by atoms with Crippen LogP contribution in [0.15, 0.2) is 73.1 Å². The molecule has 0 aliphatic heterocycles. The van der Waals surface area contributed by atoms with Crippen molar-refractivity contribution in [1.29, 1.82) is 0 Å². The standard InChI is InChI=1S/C22H24N2O3S/c1-27-22-13-12-21(24-28(25,26)17-19-10-6-14-23-16-19)15-20(22)11-5-9-18-7-3-2-4-8-18/h2-4,6-8,10,12-16,24H,5,9,11,17H2,1H3. The van der Waals surface area contributed by atoms with E-state index >= 15 is 0 Å². The minimum Gasteiger partial charge on any atom is -0.496 e. The lowest BCUT2D eigenvalue weighted by Gasteiger charge is -2.13. The molecular formula is C22H24N2O3S. The van der Waals surface area contributed by atoms with Crippen LogP contribution in [0.5, 0.6) is 5.75 Å². The van der Waals surface area contributed by atoms with Crippen LogP contribution < -0.4 is 9.46 Å². The molecule has 5 nitrogen and oxygen atoms in total. The molecular weight excluding hydrogens is 372 g/mol. The largest absolute Gasteiger partial charge is 0.496 e. The highest BCUT2D eigenvalue weighted by atomic mass is 32.2. The van der Waals surface area contributed by atoms with E-state index in [0.717, 1.165) is 30.6 Å². The van der Waals surface area contributed by atoms with E-state index in [1.165, 1.54) is 5.56 Å². The van der Waals surface area contributed by atoms with Crippen molar-refractivity contribution in [3.8, 4) is 5.75 Å². The lowest BCUT2D eigenvalue weighted by Crippen LogP contribution is -2.15. The highest BCUT2D eigenvalue weighted by Gasteiger charge is 2.13. The van der Waals surface area contributed by atoms with Crippen LogP contribution in [0.3, 0.4) is 0 Å². The Morgan fingerprint density at radius 1 is 0.964 bits per heavy atom. The molecule has 1 N–H and O–H groups in total. The van der Waals surface area contributed by atoms with Crippen LogP contribution in [0, 0.1) is 0 Å².